The van der Waals surface area contributed by atoms with Gasteiger partial charge in [-0.25, -0.2) is 0 Å². The molecule has 0 radical (unpaired) electrons. The van der Waals surface area contributed by atoms with Crippen molar-refractivity contribution in [3.63, 3.8) is 0 Å². The Morgan fingerprint density at radius 2 is 1.54 bits per heavy atom. The monoisotopic (exact) mass is 335 g/mol. The van der Waals surface area contributed by atoms with E-state index in [0.717, 1.165) is 6.42 Å². The molecule has 1 aliphatic rings. The molecule has 4 aromatic rings. The number of benzene rings is 3. The van der Waals surface area contributed by atoms with Gasteiger partial charge in [0.1, 0.15) is 0 Å². The first-order valence-corrected chi connectivity index (χ1v) is 9.21. The lowest BCUT2D eigenvalue weighted by atomic mass is 9.93. The molecule has 26 heavy (non-hydrogen) atoms. The van der Waals surface area contributed by atoms with E-state index in [9.17, 15) is 0 Å². The summed E-state index contributed by atoms with van der Waals surface area (Å²) < 4.78 is 2.24. The normalized spacial score (nSPS) is 15.9. The number of para-hydroxylation sites is 1. The maximum atomic E-state index is 2.46. The van der Waals surface area contributed by atoms with Crippen LogP contribution in [0.3, 0.4) is 0 Å². The third-order valence-corrected chi connectivity index (χ3v) is 5.52. The molecule has 3 aromatic carbocycles. The summed E-state index contributed by atoms with van der Waals surface area (Å²) in [5.41, 5.74) is 8.23. The van der Waals surface area contributed by atoms with Gasteiger partial charge in [-0.15, -0.1) is 0 Å². The fourth-order valence-electron chi connectivity index (χ4n) is 4.31. The molecule has 1 nitrogen and oxygen atoms in total. The summed E-state index contributed by atoms with van der Waals surface area (Å²) in [5, 5.41) is 1.37. The van der Waals surface area contributed by atoms with Crippen LogP contribution >= 0.6 is 0 Å². The number of allylic oxidation sites excluding steroid dienone is 1. The van der Waals surface area contributed by atoms with Crippen molar-refractivity contribution in [1.82, 2.24) is 4.57 Å². The number of rotatable bonds is 3. The zero-order chi connectivity index (χ0) is 17.5. The third kappa shape index (κ3) is 2.40. The molecular weight excluding hydrogens is 314 g/mol. The molecule has 1 atom stereocenters. The third-order valence-electron chi connectivity index (χ3n) is 5.52. The van der Waals surface area contributed by atoms with Crippen molar-refractivity contribution in [2.24, 2.45) is 7.05 Å². The summed E-state index contributed by atoms with van der Waals surface area (Å²) in [6, 6.07) is 28.3. The fraction of sp³-hybridized carbons (Fsp3) is 0.120. The van der Waals surface area contributed by atoms with E-state index >= 15 is 0 Å². The molecule has 1 heteroatoms. The van der Waals surface area contributed by atoms with Crippen molar-refractivity contribution in [2.75, 3.05) is 0 Å². The maximum absolute atomic E-state index is 2.46. The van der Waals surface area contributed by atoms with Gasteiger partial charge in [0.2, 0.25) is 0 Å². The van der Waals surface area contributed by atoms with Crippen molar-refractivity contribution in [3.8, 4) is 0 Å². The second kappa shape index (κ2) is 6.03. The quantitative estimate of drug-likeness (QED) is 0.436. The van der Waals surface area contributed by atoms with Crippen molar-refractivity contribution in [3.05, 3.63) is 113 Å². The minimum Gasteiger partial charge on any atom is -0.350 e. The Hall–Kier alpha value is -3.06. The molecule has 0 fully saturated rings. The lowest BCUT2D eigenvalue weighted by Gasteiger charge is -2.10. The lowest BCUT2D eigenvalue weighted by Crippen LogP contribution is -1.97. The molecule has 1 aromatic heterocycles. The topological polar surface area (TPSA) is 4.93 Å². The van der Waals surface area contributed by atoms with Gasteiger partial charge in [0.15, 0.2) is 0 Å². The first-order chi connectivity index (χ1) is 12.8. The summed E-state index contributed by atoms with van der Waals surface area (Å²) in [6.07, 6.45) is 5.79. The van der Waals surface area contributed by atoms with Crippen molar-refractivity contribution in [1.29, 1.82) is 0 Å². The van der Waals surface area contributed by atoms with Gasteiger partial charge >= 0.3 is 0 Å². The van der Waals surface area contributed by atoms with E-state index in [-0.39, 0.29) is 0 Å². The zero-order valence-electron chi connectivity index (χ0n) is 14.9. The van der Waals surface area contributed by atoms with Crippen molar-refractivity contribution >= 4 is 16.5 Å². The van der Waals surface area contributed by atoms with Crippen LogP contribution in [0, 0.1) is 0 Å². The Morgan fingerprint density at radius 3 is 2.42 bits per heavy atom. The molecular formula is C25H21N. The minimum absolute atomic E-state index is 0.423. The molecule has 0 aliphatic heterocycles. The number of aryl methyl sites for hydroxylation is 1. The molecule has 0 saturated heterocycles. The number of aromatic nitrogens is 1. The second-order valence-corrected chi connectivity index (χ2v) is 7.13. The molecule has 1 unspecified atom stereocenters. The van der Waals surface area contributed by atoms with Crippen molar-refractivity contribution < 1.29 is 0 Å². The van der Waals surface area contributed by atoms with Gasteiger partial charge < -0.3 is 4.57 Å². The highest BCUT2D eigenvalue weighted by molar-refractivity contribution is 5.87. The Bertz CT molecular complexity index is 1120. The van der Waals surface area contributed by atoms with Gasteiger partial charge in [0, 0.05) is 30.1 Å². The Balaban J connectivity index is 1.60. The van der Waals surface area contributed by atoms with Crippen LogP contribution in [0.2, 0.25) is 0 Å². The molecule has 0 saturated carbocycles. The molecule has 0 spiro atoms. The predicted molar refractivity (Wildman–Crippen MR) is 109 cm³/mol. The highest BCUT2D eigenvalue weighted by Crippen LogP contribution is 2.41. The summed E-state index contributed by atoms with van der Waals surface area (Å²) in [5.74, 6) is 0.423. The maximum Gasteiger partial charge on any atom is 0.0480 e. The van der Waals surface area contributed by atoms with E-state index in [1.54, 1.807) is 0 Å². The van der Waals surface area contributed by atoms with Gasteiger partial charge in [-0.3, -0.25) is 0 Å². The van der Waals surface area contributed by atoms with Gasteiger partial charge in [-0.05, 0) is 40.3 Å². The summed E-state index contributed by atoms with van der Waals surface area (Å²) in [7, 11) is 2.14. The molecule has 1 aliphatic carbocycles. The Labute approximate surface area is 154 Å². The first kappa shape index (κ1) is 15.2. The number of hydrogen-bond donors (Lipinski definition) is 0. The SMILES string of the molecule is Cn1cc(CC2C=C(c3ccccc3)c3ccccc32)c2ccccc21. The summed E-state index contributed by atoms with van der Waals surface area (Å²) >= 11 is 0. The largest absolute Gasteiger partial charge is 0.350 e. The zero-order valence-corrected chi connectivity index (χ0v) is 14.9. The number of nitrogens with zero attached hydrogens (tertiary/aromatic N) is 1. The van der Waals surface area contributed by atoms with Crippen LogP contribution in [0.15, 0.2) is 91.1 Å². The van der Waals surface area contributed by atoms with Gasteiger partial charge in [-0.1, -0.05) is 78.9 Å². The van der Waals surface area contributed by atoms with E-state index < -0.39 is 0 Å². The number of hydrogen-bond acceptors (Lipinski definition) is 0. The van der Waals surface area contributed by atoms with Gasteiger partial charge in [-0.2, -0.15) is 0 Å². The lowest BCUT2D eigenvalue weighted by molar-refractivity contribution is 0.845. The standard InChI is InChI=1S/C25H21N/c1-26-17-20(22-12-7-8-14-25(22)26)15-19-16-24(18-9-3-2-4-10-18)23-13-6-5-11-21(19)23/h2-14,16-17,19H,15H2,1H3. The highest BCUT2D eigenvalue weighted by Gasteiger charge is 2.24. The average molecular weight is 335 g/mol. The van der Waals surface area contributed by atoms with Crippen LogP contribution in [0.25, 0.3) is 16.5 Å². The summed E-state index contributed by atoms with van der Waals surface area (Å²) in [6.45, 7) is 0. The Kier molecular flexibility index (Phi) is 3.53. The smallest absolute Gasteiger partial charge is 0.0480 e. The van der Waals surface area contributed by atoms with Crippen LogP contribution in [0.5, 0.6) is 0 Å². The van der Waals surface area contributed by atoms with Gasteiger partial charge in [0.05, 0.1) is 0 Å². The second-order valence-electron chi connectivity index (χ2n) is 7.13. The highest BCUT2D eigenvalue weighted by atomic mass is 14.9. The van der Waals surface area contributed by atoms with Crippen molar-refractivity contribution in [2.45, 2.75) is 12.3 Å². The molecule has 126 valence electrons. The molecule has 1 heterocycles. The van der Waals surface area contributed by atoms with E-state index in [1.165, 1.54) is 38.7 Å². The van der Waals surface area contributed by atoms with Crippen LogP contribution < -0.4 is 0 Å². The van der Waals surface area contributed by atoms with Gasteiger partial charge in [0.25, 0.3) is 0 Å². The molecule has 0 amide bonds. The molecule has 5 rings (SSSR count). The first-order valence-electron chi connectivity index (χ1n) is 9.21. The number of fused-ring (bicyclic) bond motifs is 2. The van der Waals surface area contributed by atoms with Crippen LogP contribution in [-0.4, -0.2) is 4.57 Å². The van der Waals surface area contributed by atoms with E-state index in [2.05, 4.69) is 103 Å². The average Bonchev–Trinajstić information content (AvgIpc) is 3.22. The molecule has 0 N–H and O–H groups in total. The minimum atomic E-state index is 0.423. The van der Waals surface area contributed by atoms with Crippen LogP contribution in [0.1, 0.15) is 28.2 Å². The van der Waals surface area contributed by atoms with E-state index in [0.29, 0.717) is 5.92 Å². The van der Waals surface area contributed by atoms with E-state index in [1.807, 2.05) is 0 Å². The molecule has 0 bridgehead atoms. The Morgan fingerprint density at radius 1 is 0.808 bits per heavy atom. The van der Waals surface area contributed by atoms with Crippen LogP contribution in [0.4, 0.5) is 0 Å². The van der Waals surface area contributed by atoms with E-state index in [4.69, 9.17) is 0 Å². The predicted octanol–water partition coefficient (Wildman–Crippen LogP) is 5.95. The van der Waals surface area contributed by atoms with Crippen LogP contribution in [-0.2, 0) is 13.5 Å². The summed E-state index contributed by atoms with van der Waals surface area (Å²) in [4.78, 5) is 0. The fourth-order valence-corrected chi connectivity index (χ4v) is 4.31.